The molecule has 1 aliphatic heterocycles. The summed E-state index contributed by atoms with van der Waals surface area (Å²) in [5, 5.41) is 0. The molecular formula is C15H22N+. The van der Waals surface area contributed by atoms with Crippen LogP contribution in [0.5, 0.6) is 0 Å². The predicted octanol–water partition coefficient (Wildman–Crippen LogP) is 3.54. The standard InChI is InChI=1S/C15H22N/c1-3-15(14-10-6-4-7-11-14)16(2)12-8-5-9-13-16/h3-4,6-7,10-11,15H,1,5,8-9,12-13H2,2H3/q+1. The Kier molecular flexibility index (Phi) is 3.45. The van der Waals surface area contributed by atoms with Gasteiger partial charge in [-0.3, -0.25) is 0 Å². The van der Waals surface area contributed by atoms with Crippen LogP contribution in [0.25, 0.3) is 0 Å². The third-order valence-electron chi connectivity index (χ3n) is 3.87. The molecule has 1 nitrogen and oxygen atoms in total. The maximum Gasteiger partial charge on any atom is 0.133 e. The van der Waals surface area contributed by atoms with Gasteiger partial charge in [0.25, 0.3) is 0 Å². The minimum atomic E-state index is 0.460. The summed E-state index contributed by atoms with van der Waals surface area (Å²) in [6.07, 6.45) is 6.23. The molecule has 86 valence electrons. The summed E-state index contributed by atoms with van der Waals surface area (Å²) in [6, 6.07) is 11.3. The molecule has 1 aliphatic rings. The molecular weight excluding hydrogens is 194 g/mol. The van der Waals surface area contributed by atoms with Crippen LogP contribution in [0, 0.1) is 0 Å². The topological polar surface area (TPSA) is 0 Å². The van der Waals surface area contributed by atoms with Gasteiger partial charge in [-0.2, -0.15) is 0 Å². The van der Waals surface area contributed by atoms with Crippen molar-refractivity contribution >= 4 is 0 Å². The Bertz CT molecular complexity index is 336. The number of benzene rings is 1. The van der Waals surface area contributed by atoms with Gasteiger partial charge in [-0.15, -0.1) is 0 Å². The molecule has 0 amide bonds. The van der Waals surface area contributed by atoms with Crippen molar-refractivity contribution in [3.8, 4) is 0 Å². The number of likely N-dealkylation sites (tertiary alicyclic amines) is 1. The number of nitrogens with zero attached hydrogens (tertiary/aromatic N) is 1. The van der Waals surface area contributed by atoms with E-state index in [-0.39, 0.29) is 0 Å². The lowest BCUT2D eigenvalue weighted by Crippen LogP contribution is -2.49. The lowest BCUT2D eigenvalue weighted by atomic mass is 9.99. The molecule has 0 spiro atoms. The fraction of sp³-hybridized carbons (Fsp3) is 0.467. The van der Waals surface area contributed by atoms with Crippen LogP contribution >= 0.6 is 0 Å². The van der Waals surface area contributed by atoms with Gasteiger partial charge in [-0.1, -0.05) is 36.9 Å². The number of likely N-dealkylation sites (N-methyl/N-ethyl adjacent to an activating group) is 1. The highest BCUT2D eigenvalue weighted by atomic mass is 15.4. The van der Waals surface area contributed by atoms with E-state index in [1.807, 2.05) is 0 Å². The second kappa shape index (κ2) is 4.84. The van der Waals surface area contributed by atoms with E-state index >= 15 is 0 Å². The second-order valence-corrected chi connectivity index (χ2v) is 5.08. The van der Waals surface area contributed by atoms with Gasteiger partial charge < -0.3 is 4.48 Å². The van der Waals surface area contributed by atoms with E-state index in [1.165, 1.54) is 37.9 Å². The van der Waals surface area contributed by atoms with Crippen LogP contribution in [-0.4, -0.2) is 24.6 Å². The van der Waals surface area contributed by atoms with Crippen LogP contribution < -0.4 is 0 Å². The molecule has 16 heavy (non-hydrogen) atoms. The van der Waals surface area contributed by atoms with Crippen molar-refractivity contribution in [3.05, 3.63) is 48.6 Å². The van der Waals surface area contributed by atoms with Crippen molar-refractivity contribution < 1.29 is 4.48 Å². The molecule has 0 aromatic heterocycles. The minimum Gasteiger partial charge on any atom is -0.317 e. The molecule has 0 aliphatic carbocycles. The highest BCUT2D eigenvalue weighted by molar-refractivity contribution is 5.20. The summed E-state index contributed by atoms with van der Waals surface area (Å²) in [5.41, 5.74) is 1.40. The molecule has 0 N–H and O–H groups in total. The number of hydrogen-bond donors (Lipinski definition) is 0. The lowest BCUT2D eigenvalue weighted by molar-refractivity contribution is -0.937. The van der Waals surface area contributed by atoms with Gasteiger partial charge in [0, 0.05) is 5.56 Å². The Morgan fingerprint density at radius 1 is 1.12 bits per heavy atom. The summed E-state index contributed by atoms with van der Waals surface area (Å²) < 4.78 is 1.13. The van der Waals surface area contributed by atoms with Crippen LogP contribution in [0.15, 0.2) is 43.0 Å². The monoisotopic (exact) mass is 216 g/mol. The maximum absolute atomic E-state index is 4.04. The second-order valence-electron chi connectivity index (χ2n) is 5.08. The Labute approximate surface area is 99.0 Å². The smallest absolute Gasteiger partial charge is 0.133 e. The normalized spacial score (nSPS) is 21.3. The largest absolute Gasteiger partial charge is 0.317 e. The number of quaternary nitrogens is 1. The molecule has 1 atom stereocenters. The average molecular weight is 216 g/mol. The first-order chi connectivity index (χ1) is 7.76. The van der Waals surface area contributed by atoms with Crippen LogP contribution in [0.3, 0.4) is 0 Å². The van der Waals surface area contributed by atoms with E-state index < -0.39 is 0 Å². The van der Waals surface area contributed by atoms with Gasteiger partial charge in [-0.25, -0.2) is 0 Å². The minimum absolute atomic E-state index is 0.460. The van der Waals surface area contributed by atoms with Gasteiger partial charge in [0.2, 0.25) is 0 Å². The SMILES string of the molecule is C=CC(c1ccccc1)[N+]1(C)CCCCC1. The van der Waals surface area contributed by atoms with Crippen molar-refractivity contribution in [2.45, 2.75) is 25.3 Å². The van der Waals surface area contributed by atoms with E-state index in [0.29, 0.717) is 6.04 Å². The van der Waals surface area contributed by atoms with Crippen molar-refractivity contribution in [1.29, 1.82) is 0 Å². The molecule has 1 unspecified atom stereocenters. The average Bonchev–Trinajstić information content (AvgIpc) is 2.32. The van der Waals surface area contributed by atoms with Gasteiger partial charge in [-0.05, 0) is 25.3 Å². The van der Waals surface area contributed by atoms with Gasteiger partial charge in [0.15, 0.2) is 0 Å². The first kappa shape index (κ1) is 11.4. The molecule has 0 radical (unpaired) electrons. The highest BCUT2D eigenvalue weighted by Gasteiger charge is 2.32. The Hall–Kier alpha value is -1.08. The summed E-state index contributed by atoms with van der Waals surface area (Å²) in [7, 11) is 2.37. The zero-order chi connectivity index (χ0) is 11.4. The summed E-state index contributed by atoms with van der Waals surface area (Å²) in [6.45, 7) is 6.61. The van der Waals surface area contributed by atoms with Gasteiger partial charge >= 0.3 is 0 Å². The summed E-state index contributed by atoms with van der Waals surface area (Å²) in [4.78, 5) is 0. The third kappa shape index (κ3) is 2.19. The van der Waals surface area contributed by atoms with Crippen molar-refractivity contribution in [2.75, 3.05) is 20.1 Å². The molecule has 1 aromatic rings. The molecule has 1 fully saturated rings. The summed E-state index contributed by atoms with van der Waals surface area (Å²) in [5.74, 6) is 0. The van der Waals surface area contributed by atoms with E-state index in [1.54, 1.807) is 0 Å². The number of hydrogen-bond acceptors (Lipinski definition) is 0. The molecule has 0 bridgehead atoms. The van der Waals surface area contributed by atoms with Gasteiger partial charge in [0.05, 0.1) is 20.1 Å². The Morgan fingerprint density at radius 2 is 1.75 bits per heavy atom. The van der Waals surface area contributed by atoms with Crippen molar-refractivity contribution in [2.24, 2.45) is 0 Å². The zero-order valence-corrected chi connectivity index (χ0v) is 10.2. The summed E-state index contributed by atoms with van der Waals surface area (Å²) >= 11 is 0. The van der Waals surface area contributed by atoms with Crippen molar-refractivity contribution in [3.63, 3.8) is 0 Å². The molecule has 1 saturated heterocycles. The first-order valence-electron chi connectivity index (χ1n) is 6.28. The van der Waals surface area contributed by atoms with E-state index in [4.69, 9.17) is 0 Å². The maximum atomic E-state index is 4.04. The molecule has 1 aromatic carbocycles. The molecule has 1 heteroatoms. The quantitative estimate of drug-likeness (QED) is 0.535. The van der Waals surface area contributed by atoms with E-state index in [2.05, 4.69) is 50.0 Å². The van der Waals surface area contributed by atoms with Crippen LogP contribution in [0.4, 0.5) is 0 Å². The number of piperidine rings is 1. The molecule has 1 heterocycles. The fourth-order valence-corrected chi connectivity index (χ4v) is 2.91. The Morgan fingerprint density at radius 3 is 2.31 bits per heavy atom. The highest BCUT2D eigenvalue weighted by Crippen LogP contribution is 2.31. The van der Waals surface area contributed by atoms with Crippen LogP contribution in [0.2, 0.25) is 0 Å². The third-order valence-corrected chi connectivity index (χ3v) is 3.87. The van der Waals surface area contributed by atoms with Crippen LogP contribution in [0.1, 0.15) is 30.9 Å². The van der Waals surface area contributed by atoms with Gasteiger partial charge in [0.1, 0.15) is 6.04 Å². The molecule has 0 saturated carbocycles. The molecule has 2 rings (SSSR count). The zero-order valence-electron chi connectivity index (χ0n) is 10.2. The number of rotatable bonds is 3. The fourth-order valence-electron chi connectivity index (χ4n) is 2.91. The van der Waals surface area contributed by atoms with E-state index in [9.17, 15) is 0 Å². The lowest BCUT2D eigenvalue weighted by Gasteiger charge is -2.43. The van der Waals surface area contributed by atoms with E-state index in [0.717, 1.165) is 4.48 Å². The Balaban J connectivity index is 2.25. The van der Waals surface area contributed by atoms with Crippen molar-refractivity contribution in [1.82, 2.24) is 0 Å². The first-order valence-corrected chi connectivity index (χ1v) is 6.28. The van der Waals surface area contributed by atoms with Crippen LogP contribution in [-0.2, 0) is 0 Å². The predicted molar refractivity (Wildman–Crippen MR) is 69.1 cm³/mol.